The normalized spacial score (nSPS) is 12.4. The number of hydrogen-bond donors (Lipinski definition) is 1. The second-order valence-electron chi connectivity index (χ2n) is 4.64. The molecule has 0 atom stereocenters. The predicted molar refractivity (Wildman–Crippen MR) is 61.4 cm³/mol. The minimum atomic E-state index is 0.211. The van der Waals surface area contributed by atoms with E-state index in [-0.39, 0.29) is 5.41 Å². The van der Waals surface area contributed by atoms with Crippen LogP contribution in [0.5, 0.6) is 0 Å². The van der Waals surface area contributed by atoms with Crippen LogP contribution in [0.15, 0.2) is 0 Å². The van der Waals surface area contributed by atoms with Gasteiger partial charge in [-0.1, -0.05) is 20.8 Å². The first-order chi connectivity index (χ1) is 6.55. The number of ether oxygens (including phenoxy) is 1. The highest BCUT2D eigenvalue weighted by Gasteiger charge is 2.19. The maximum Gasteiger partial charge on any atom is 0.0589 e. The molecule has 86 valence electrons. The molecule has 0 aromatic rings. The molecule has 0 amide bonds. The molecule has 3 nitrogen and oxygen atoms in total. The molecule has 0 aliphatic rings. The zero-order valence-corrected chi connectivity index (χ0v) is 10.2. The van der Waals surface area contributed by atoms with Crippen molar-refractivity contribution in [3.63, 3.8) is 0 Å². The van der Waals surface area contributed by atoms with Crippen LogP contribution >= 0.6 is 0 Å². The van der Waals surface area contributed by atoms with E-state index in [1.54, 1.807) is 7.11 Å². The summed E-state index contributed by atoms with van der Waals surface area (Å²) in [6, 6.07) is 0. The van der Waals surface area contributed by atoms with Crippen LogP contribution in [0.25, 0.3) is 0 Å². The maximum absolute atomic E-state index is 5.72. The van der Waals surface area contributed by atoms with E-state index in [9.17, 15) is 0 Å². The first-order valence-electron chi connectivity index (χ1n) is 5.47. The van der Waals surface area contributed by atoms with Crippen molar-refractivity contribution < 1.29 is 4.74 Å². The monoisotopic (exact) mass is 202 g/mol. The zero-order valence-electron chi connectivity index (χ0n) is 10.2. The maximum atomic E-state index is 5.72. The molecule has 0 saturated carbocycles. The lowest BCUT2D eigenvalue weighted by atomic mass is 9.93. The van der Waals surface area contributed by atoms with Gasteiger partial charge in [0.25, 0.3) is 0 Å². The summed E-state index contributed by atoms with van der Waals surface area (Å²) in [5.41, 5.74) is 5.93. The van der Waals surface area contributed by atoms with Gasteiger partial charge in [0.15, 0.2) is 0 Å². The molecule has 0 fully saturated rings. The summed E-state index contributed by atoms with van der Waals surface area (Å²) in [6.07, 6.45) is 1.18. The number of methoxy groups -OCH3 is 1. The summed E-state index contributed by atoms with van der Waals surface area (Å²) in [6.45, 7) is 11.4. The van der Waals surface area contributed by atoms with E-state index in [2.05, 4.69) is 25.7 Å². The van der Waals surface area contributed by atoms with E-state index >= 15 is 0 Å². The van der Waals surface area contributed by atoms with Gasteiger partial charge in [-0.05, 0) is 24.9 Å². The third kappa shape index (κ3) is 6.35. The average Bonchev–Trinajstić information content (AvgIpc) is 2.14. The van der Waals surface area contributed by atoms with Gasteiger partial charge in [0.05, 0.1) is 6.61 Å². The van der Waals surface area contributed by atoms with Crippen molar-refractivity contribution in [2.24, 2.45) is 11.1 Å². The third-order valence-corrected chi connectivity index (χ3v) is 2.36. The van der Waals surface area contributed by atoms with Gasteiger partial charge in [-0.3, -0.25) is 0 Å². The summed E-state index contributed by atoms with van der Waals surface area (Å²) in [4.78, 5) is 2.43. The Bertz CT molecular complexity index is 137. The lowest BCUT2D eigenvalue weighted by Crippen LogP contribution is -2.40. The molecule has 0 aliphatic carbocycles. The van der Waals surface area contributed by atoms with Gasteiger partial charge in [0.1, 0.15) is 0 Å². The highest BCUT2D eigenvalue weighted by Crippen LogP contribution is 2.14. The number of rotatable bonds is 8. The van der Waals surface area contributed by atoms with E-state index in [0.29, 0.717) is 0 Å². The first-order valence-corrected chi connectivity index (χ1v) is 5.47. The van der Waals surface area contributed by atoms with E-state index in [1.165, 1.54) is 6.42 Å². The van der Waals surface area contributed by atoms with Gasteiger partial charge in [-0.25, -0.2) is 0 Å². The predicted octanol–water partition coefficient (Wildman–Crippen LogP) is 1.33. The molecule has 0 rings (SSSR count). The number of hydrogen-bond acceptors (Lipinski definition) is 3. The molecule has 0 saturated heterocycles. The SMILES string of the molecule is CCCN(CCOC)CC(C)(C)CN. The van der Waals surface area contributed by atoms with Gasteiger partial charge in [-0.15, -0.1) is 0 Å². The van der Waals surface area contributed by atoms with Crippen molar-refractivity contribution in [1.82, 2.24) is 4.90 Å². The Morgan fingerprint density at radius 2 is 1.93 bits per heavy atom. The van der Waals surface area contributed by atoms with Crippen molar-refractivity contribution in [3.8, 4) is 0 Å². The molecule has 0 unspecified atom stereocenters. The van der Waals surface area contributed by atoms with Gasteiger partial charge >= 0.3 is 0 Å². The second-order valence-corrected chi connectivity index (χ2v) is 4.64. The second kappa shape index (κ2) is 7.21. The highest BCUT2D eigenvalue weighted by molar-refractivity contribution is 4.74. The molecular weight excluding hydrogens is 176 g/mol. The molecule has 3 heteroatoms. The molecule has 0 aromatic carbocycles. The lowest BCUT2D eigenvalue weighted by molar-refractivity contribution is 0.120. The van der Waals surface area contributed by atoms with Crippen LogP contribution in [-0.2, 0) is 4.74 Å². The summed E-state index contributed by atoms with van der Waals surface area (Å²) < 4.78 is 5.09. The number of nitrogens with two attached hydrogens (primary N) is 1. The van der Waals surface area contributed by atoms with Crippen LogP contribution in [0.1, 0.15) is 27.2 Å². The molecule has 14 heavy (non-hydrogen) atoms. The van der Waals surface area contributed by atoms with Gasteiger partial charge in [0, 0.05) is 20.2 Å². The van der Waals surface area contributed by atoms with Crippen LogP contribution in [0.3, 0.4) is 0 Å². The fraction of sp³-hybridized carbons (Fsp3) is 1.00. The standard InChI is InChI=1S/C11H26N2O/c1-5-6-13(7-8-14-4)10-11(2,3)9-12/h5-10,12H2,1-4H3. The molecule has 0 aromatic heterocycles. The van der Waals surface area contributed by atoms with Crippen molar-refractivity contribution in [2.75, 3.05) is 39.9 Å². The van der Waals surface area contributed by atoms with Crippen LogP contribution in [0.2, 0.25) is 0 Å². The summed E-state index contributed by atoms with van der Waals surface area (Å²) in [5.74, 6) is 0. The number of nitrogens with zero attached hydrogens (tertiary/aromatic N) is 1. The highest BCUT2D eigenvalue weighted by atomic mass is 16.5. The Hall–Kier alpha value is -0.120. The van der Waals surface area contributed by atoms with E-state index in [1.807, 2.05) is 0 Å². The van der Waals surface area contributed by atoms with E-state index in [0.717, 1.165) is 32.8 Å². The Kier molecular flexibility index (Phi) is 7.15. The van der Waals surface area contributed by atoms with Crippen molar-refractivity contribution in [2.45, 2.75) is 27.2 Å². The van der Waals surface area contributed by atoms with Gasteiger partial charge < -0.3 is 15.4 Å². The molecule has 2 N–H and O–H groups in total. The van der Waals surface area contributed by atoms with Crippen molar-refractivity contribution >= 4 is 0 Å². The Balaban J connectivity index is 3.94. The lowest BCUT2D eigenvalue weighted by Gasteiger charge is -2.31. The summed E-state index contributed by atoms with van der Waals surface area (Å²) >= 11 is 0. The Morgan fingerprint density at radius 1 is 1.29 bits per heavy atom. The van der Waals surface area contributed by atoms with Crippen molar-refractivity contribution in [3.05, 3.63) is 0 Å². The van der Waals surface area contributed by atoms with Crippen LogP contribution in [0, 0.1) is 5.41 Å². The molecule has 0 spiro atoms. The molecular formula is C11H26N2O. The Morgan fingerprint density at radius 3 is 2.36 bits per heavy atom. The van der Waals surface area contributed by atoms with Crippen LogP contribution < -0.4 is 5.73 Å². The minimum Gasteiger partial charge on any atom is -0.383 e. The fourth-order valence-corrected chi connectivity index (χ4v) is 1.48. The average molecular weight is 202 g/mol. The fourth-order valence-electron chi connectivity index (χ4n) is 1.48. The van der Waals surface area contributed by atoms with Crippen LogP contribution in [-0.4, -0.2) is 44.8 Å². The van der Waals surface area contributed by atoms with Gasteiger partial charge in [-0.2, -0.15) is 0 Å². The molecule has 0 bridgehead atoms. The molecule has 0 heterocycles. The summed E-state index contributed by atoms with van der Waals surface area (Å²) in [5, 5.41) is 0. The Labute approximate surface area is 88.6 Å². The van der Waals surface area contributed by atoms with Gasteiger partial charge in [0.2, 0.25) is 0 Å². The largest absolute Gasteiger partial charge is 0.383 e. The minimum absolute atomic E-state index is 0.211. The molecule has 0 radical (unpaired) electrons. The van der Waals surface area contributed by atoms with E-state index in [4.69, 9.17) is 10.5 Å². The van der Waals surface area contributed by atoms with E-state index < -0.39 is 0 Å². The van der Waals surface area contributed by atoms with Crippen molar-refractivity contribution in [1.29, 1.82) is 0 Å². The smallest absolute Gasteiger partial charge is 0.0589 e. The quantitative estimate of drug-likeness (QED) is 0.645. The topological polar surface area (TPSA) is 38.5 Å². The molecule has 0 aliphatic heterocycles. The summed E-state index contributed by atoms with van der Waals surface area (Å²) in [7, 11) is 1.75. The van der Waals surface area contributed by atoms with Crippen LogP contribution in [0.4, 0.5) is 0 Å². The third-order valence-electron chi connectivity index (χ3n) is 2.36. The zero-order chi connectivity index (χ0) is 11.0. The first kappa shape index (κ1) is 13.9.